The Morgan fingerprint density at radius 3 is 2.50 bits per heavy atom. The fourth-order valence-corrected chi connectivity index (χ4v) is 3.51. The van der Waals surface area contributed by atoms with E-state index in [4.69, 9.17) is 11.6 Å². The number of carbonyl (C=O) groups is 1. The maximum atomic E-state index is 13.4. The lowest BCUT2D eigenvalue weighted by Gasteiger charge is -2.20. The van der Waals surface area contributed by atoms with Gasteiger partial charge >= 0.3 is 6.18 Å². The van der Waals surface area contributed by atoms with E-state index in [2.05, 4.69) is 10.3 Å². The summed E-state index contributed by atoms with van der Waals surface area (Å²) in [7, 11) is 0. The molecule has 0 aliphatic heterocycles. The molecule has 0 bridgehead atoms. The third-order valence-corrected chi connectivity index (χ3v) is 5.10. The highest BCUT2D eigenvalue weighted by molar-refractivity contribution is 6.30. The summed E-state index contributed by atoms with van der Waals surface area (Å²) < 4.78 is 41.2. The summed E-state index contributed by atoms with van der Waals surface area (Å²) in [4.78, 5) is 16.3. The highest BCUT2D eigenvalue weighted by Crippen LogP contribution is 2.41. The minimum absolute atomic E-state index is 0.207. The lowest BCUT2D eigenvalue weighted by Crippen LogP contribution is -2.33. The van der Waals surface area contributed by atoms with Gasteiger partial charge in [-0.2, -0.15) is 13.2 Å². The lowest BCUT2D eigenvalue weighted by atomic mass is 10.0. The molecule has 1 aliphatic carbocycles. The molecule has 1 amide bonds. The molecule has 3 aromatic rings. The average molecular weight is 408 g/mol. The Morgan fingerprint density at radius 1 is 1.18 bits per heavy atom. The standard InChI is InChI=1S/C20H17ClF3N3O/c21-14-9-7-13(8-10-14)18(12-5-6-12)26-17(28)11-27-16-4-2-1-3-15(16)25-19(27)20(22,23)24/h1-4,7-10,12,18H,5-6,11H2,(H,26,28)/t18-/m1/s1. The van der Waals surface area contributed by atoms with Gasteiger partial charge in [0, 0.05) is 5.02 Å². The Kier molecular flexibility index (Phi) is 4.79. The first-order valence-corrected chi connectivity index (χ1v) is 9.28. The van der Waals surface area contributed by atoms with Gasteiger partial charge in [0.1, 0.15) is 6.54 Å². The van der Waals surface area contributed by atoms with Crippen molar-refractivity contribution in [1.29, 1.82) is 0 Å². The van der Waals surface area contributed by atoms with Gasteiger partial charge in [-0.1, -0.05) is 35.9 Å². The van der Waals surface area contributed by atoms with Crippen molar-refractivity contribution in [2.24, 2.45) is 5.92 Å². The highest BCUT2D eigenvalue weighted by atomic mass is 35.5. The van der Waals surface area contributed by atoms with E-state index < -0.39 is 24.5 Å². The van der Waals surface area contributed by atoms with Gasteiger partial charge in [0.25, 0.3) is 0 Å². The smallest absolute Gasteiger partial charge is 0.347 e. The van der Waals surface area contributed by atoms with Crippen LogP contribution in [0.3, 0.4) is 0 Å². The number of carbonyl (C=O) groups excluding carboxylic acids is 1. The molecule has 1 saturated carbocycles. The van der Waals surface area contributed by atoms with E-state index in [1.165, 1.54) is 12.1 Å². The van der Waals surface area contributed by atoms with E-state index in [0.29, 0.717) is 5.02 Å². The predicted octanol–water partition coefficient (Wildman–Crippen LogP) is 4.98. The van der Waals surface area contributed by atoms with Crippen LogP contribution in [-0.4, -0.2) is 15.5 Å². The fraction of sp³-hybridized carbons (Fsp3) is 0.300. The number of aromatic nitrogens is 2. The Labute approximate surface area is 164 Å². The average Bonchev–Trinajstić information content (AvgIpc) is 3.42. The Hall–Kier alpha value is -2.54. The van der Waals surface area contributed by atoms with Crippen molar-refractivity contribution in [2.75, 3.05) is 0 Å². The molecule has 0 unspecified atom stereocenters. The van der Waals surface area contributed by atoms with Gasteiger partial charge < -0.3 is 9.88 Å². The lowest BCUT2D eigenvalue weighted by molar-refractivity contribution is -0.147. The zero-order valence-corrected chi connectivity index (χ0v) is 15.5. The summed E-state index contributed by atoms with van der Waals surface area (Å²) in [5.41, 5.74) is 1.38. The van der Waals surface area contributed by atoms with Crippen LogP contribution in [0.2, 0.25) is 5.02 Å². The second kappa shape index (κ2) is 7.13. The van der Waals surface area contributed by atoms with Gasteiger partial charge in [-0.05, 0) is 48.6 Å². The number of nitrogens with zero attached hydrogens (tertiary/aromatic N) is 2. The zero-order valence-electron chi connectivity index (χ0n) is 14.7. The van der Waals surface area contributed by atoms with Crippen LogP contribution < -0.4 is 5.32 Å². The summed E-state index contributed by atoms with van der Waals surface area (Å²) >= 11 is 5.92. The van der Waals surface area contributed by atoms with E-state index in [1.807, 2.05) is 12.1 Å². The molecule has 28 heavy (non-hydrogen) atoms. The molecule has 1 heterocycles. The Bertz CT molecular complexity index is 1010. The number of benzene rings is 2. The van der Waals surface area contributed by atoms with Crippen LogP contribution in [0.25, 0.3) is 11.0 Å². The zero-order chi connectivity index (χ0) is 19.9. The summed E-state index contributed by atoms with van der Waals surface area (Å²) in [6.07, 6.45) is -2.71. The molecule has 8 heteroatoms. The van der Waals surface area contributed by atoms with Gasteiger partial charge in [0.15, 0.2) is 0 Å². The van der Waals surface area contributed by atoms with Crippen LogP contribution in [0, 0.1) is 5.92 Å². The van der Waals surface area contributed by atoms with Crippen LogP contribution in [-0.2, 0) is 17.5 Å². The van der Waals surface area contributed by atoms with E-state index >= 15 is 0 Å². The summed E-state index contributed by atoms with van der Waals surface area (Å²) in [6, 6.07) is 13.2. The van der Waals surface area contributed by atoms with Crippen molar-refractivity contribution < 1.29 is 18.0 Å². The van der Waals surface area contributed by atoms with E-state index in [-0.39, 0.29) is 23.0 Å². The Morgan fingerprint density at radius 2 is 1.86 bits per heavy atom. The maximum Gasteiger partial charge on any atom is 0.449 e. The maximum absolute atomic E-state index is 13.4. The number of alkyl halides is 3. The molecule has 1 atom stereocenters. The highest BCUT2D eigenvalue weighted by Gasteiger charge is 2.38. The van der Waals surface area contributed by atoms with E-state index in [9.17, 15) is 18.0 Å². The van der Waals surface area contributed by atoms with Crippen LogP contribution in [0.5, 0.6) is 0 Å². The predicted molar refractivity (Wildman–Crippen MR) is 99.8 cm³/mol. The van der Waals surface area contributed by atoms with Crippen LogP contribution >= 0.6 is 11.6 Å². The summed E-state index contributed by atoms with van der Waals surface area (Å²) in [6.45, 7) is -0.452. The number of para-hydroxylation sites is 2. The van der Waals surface area contributed by atoms with Crippen LogP contribution in [0.4, 0.5) is 13.2 Å². The first-order valence-electron chi connectivity index (χ1n) is 8.90. The number of imidazole rings is 1. The molecule has 1 aliphatic rings. The van der Waals surface area contributed by atoms with Gasteiger partial charge in [0.2, 0.25) is 11.7 Å². The molecule has 2 aromatic carbocycles. The van der Waals surface area contributed by atoms with Gasteiger partial charge in [-0.25, -0.2) is 4.98 Å². The second-order valence-electron chi connectivity index (χ2n) is 6.94. The number of hydrogen-bond donors (Lipinski definition) is 1. The SMILES string of the molecule is O=C(Cn1c(C(F)(F)F)nc2ccccc21)N[C@@H](c1ccc(Cl)cc1)C1CC1. The first kappa shape index (κ1) is 18.8. The molecular formula is C20H17ClF3N3O. The number of rotatable bonds is 5. The number of fused-ring (bicyclic) bond motifs is 1. The molecule has 4 rings (SSSR count). The molecule has 1 aromatic heterocycles. The topological polar surface area (TPSA) is 46.9 Å². The van der Waals surface area contributed by atoms with Crippen LogP contribution in [0.1, 0.15) is 30.3 Å². The normalized spacial score (nSPS) is 15.6. The summed E-state index contributed by atoms with van der Waals surface area (Å²) in [5.74, 6) is -1.27. The molecule has 4 nitrogen and oxygen atoms in total. The van der Waals surface area contributed by atoms with Gasteiger partial charge in [0.05, 0.1) is 17.1 Å². The first-order chi connectivity index (χ1) is 13.3. The number of amides is 1. The minimum atomic E-state index is -4.65. The quantitative estimate of drug-likeness (QED) is 0.648. The third-order valence-electron chi connectivity index (χ3n) is 4.85. The van der Waals surface area contributed by atoms with E-state index in [1.54, 1.807) is 24.3 Å². The fourth-order valence-electron chi connectivity index (χ4n) is 3.39. The second-order valence-corrected chi connectivity index (χ2v) is 7.38. The van der Waals surface area contributed by atoms with Crippen LogP contribution in [0.15, 0.2) is 48.5 Å². The molecule has 0 saturated heterocycles. The van der Waals surface area contributed by atoms with Crippen molar-refractivity contribution in [3.63, 3.8) is 0 Å². The molecular weight excluding hydrogens is 391 g/mol. The number of nitrogens with one attached hydrogen (secondary N) is 1. The van der Waals surface area contributed by atoms with Crippen molar-refractivity contribution >= 4 is 28.5 Å². The molecule has 0 spiro atoms. The summed E-state index contributed by atoms with van der Waals surface area (Å²) in [5, 5.41) is 3.49. The molecule has 146 valence electrons. The number of halogens is 4. The Balaban J connectivity index is 1.60. The third kappa shape index (κ3) is 3.85. The monoisotopic (exact) mass is 407 g/mol. The number of hydrogen-bond acceptors (Lipinski definition) is 2. The van der Waals surface area contributed by atoms with Gasteiger partial charge in [-0.3, -0.25) is 4.79 Å². The van der Waals surface area contributed by atoms with Gasteiger partial charge in [-0.15, -0.1) is 0 Å². The minimum Gasteiger partial charge on any atom is -0.347 e. The molecule has 1 N–H and O–H groups in total. The van der Waals surface area contributed by atoms with Crippen molar-refractivity contribution in [3.05, 3.63) is 64.9 Å². The van der Waals surface area contributed by atoms with Crippen molar-refractivity contribution in [3.8, 4) is 0 Å². The largest absolute Gasteiger partial charge is 0.449 e. The molecule has 1 fully saturated rings. The van der Waals surface area contributed by atoms with E-state index in [0.717, 1.165) is 23.0 Å². The van der Waals surface area contributed by atoms with Crippen molar-refractivity contribution in [2.45, 2.75) is 31.6 Å². The van der Waals surface area contributed by atoms with Crippen molar-refractivity contribution in [1.82, 2.24) is 14.9 Å². The molecule has 0 radical (unpaired) electrons.